The second kappa shape index (κ2) is 11.6. The first kappa shape index (κ1) is 28.1. The van der Waals surface area contributed by atoms with Crippen LogP contribution in [0.25, 0.3) is 11.4 Å². The van der Waals surface area contributed by atoms with Gasteiger partial charge in [0.2, 0.25) is 5.82 Å². The van der Waals surface area contributed by atoms with Gasteiger partial charge >= 0.3 is 0 Å². The lowest BCUT2D eigenvalue weighted by Crippen LogP contribution is -2.27. The van der Waals surface area contributed by atoms with Gasteiger partial charge in [-0.1, -0.05) is 38.5 Å². The summed E-state index contributed by atoms with van der Waals surface area (Å²) in [5.74, 6) is 1.44. The van der Waals surface area contributed by atoms with E-state index in [0.29, 0.717) is 32.3 Å². The zero-order valence-electron chi connectivity index (χ0n) is 24.5. The number of rotatable bonds is 10. The van der Waals surface area contributed by atoms with Crippen LogP contribution in [0.3, 0.4) is 0 Å². The van der Waals surface area contributed by atoms with Gasteiger partial charge in [0.25, 0.3) is 0 Å². The number of aliphatic hydroxyl groups excluding tert-OH is 1. The summed E-state index contributed by atoms with van der Waals surface area (Å²) in [6.45, 7) is 16.7. The lowest BCUT2D eigenvalue weighted by molar-refractivity contribution is 0.0352. The second-order valence-corrected chi connectivity index (χ2v) is 11.6. The van der Waals surface area contributed by atoms with Crippen molar-refractivity contribution in [1.82, 2.24) is 14.9 Å². The number of fused-ring (bicyclic) bond motifs is 2. The van der Waals surface area contributed by atoms with Crippen LogP contribution >= 0.6 is 0 Å². The summed E-state index contributed by atoms with van der Waals surface area (Å²) in [6.07, 6.45) is 0.972. The molecule has 0 saturated heterocycles. The van der Waals surface area contributed by atoms with Gasteiger partial charge in [-0.2, -0.15) is 9.78 Å². The average Bonchev–Trinajstić information content (AvgIpc) is 3.58. The molecule has 5 rings (SSSR count). The minimum absolute atomic E-state index is 0.0381. The van der Waals surface area contributed by atoms with E-state index in [4.69, 9.17) is 24.7 Å². The lowest BCUT2D eigenvalue weighted by atomic mass is 9.87. The van der Waals surface area contributed by atoms with E-state index in [0.717, 1.165) is 59.1 Å². The molecular formula is C31H40N6O3. The minimum Gasteiger partial charge on any atom is -0.394 e. The molecule has 9 nitrogen and oxygen atoms in total. The van der Waals surface area contributed by atoms with E-state index in [2.05, 4.69) is 87.0 Å². The van der Waals surface area contributed by atoms with E-state index in [1.807, 2.05) is 4.68 Å². The fourth-order valence-electron chi connectivity index (χ4n) is 5.52. The summed E-state index contributed by atoms with van der Waals surface area (Å²) >= 11 is 0. The van der Waals surface area contributed by atoms with Crippen molar-refractivity contribution in [3.05, 3.63) is 58.4 Å². The van der Waals surface area contributed by atoms with Crippen molar-refractivity contribution >= 4 is 22.8 Å². The van der Waals surface area contributed by atoms with Gasteiger partial charge in [-0.15, -0.1) is 10.2 Å². The van der Waals surface area contributed by atoms with Gasteiger partial charge in [0.05, 0.1) is 44.4 Å². The van der Waals surface area contributed by atoms with E-state index >= 15 is 0 Å². The molecule has 3 heterocycles. The van der Waals surface area contributed by atoms with Crippen LogP contribution in [0.2, 0.25) is 0 Å². The van der Waals surface area contributed by atoms with E-state index in [9.17, 15) is 0 Å². The molecule has 2 aromatic carbocycles. The summed E-state index contributed by atoms with van der Waals surface area (Å²) in [4.78, 5) is 7.47. The molecule has 212 valence electrons. The first-order valence-electron chi connectivity index (χ1n) is 14.0. The van der Waals surface area contributed by atoms with Crippen LogP contribution in [0.15, 0.2) is 40.4 Å². The quantitative estimate of drug-likeness (QED) is 0.374. The molecule has 0 bridgehead atoms. The molecule has 2 aliphatic rings. The zero-order chi connectivity index (χ0) is 28.4. The Hall–Kier alpha value is -3.40. The SMILES string of the molecule is Cc1cc(C)c(-c2nnc3n2N=C(C(C)(C)C)/C3=N/c2ccc3c(c2)CCN3CCOCCOCCO)c(C)c1. The molecule has 0 unspecified atom stereocenters. The maximum Gasteiger partial charge on any atom is 0.205 e. The normalized spacial score (nSPS) is 15.6. The van der Waals surface area contributed by atoms with Crippen LogP contribution in [-0.4, -0.2) is 77.5 Å². The summed E-state index contributed by atoms with van der Waals surface area (Å²) < 4.78 is 12.8. The molecule has 40 heavy (non-hydrogen) atoms. The number of aliphatic imine (C=N–C) groups is 1. The van der Waals surface area contributed by atoms with Gasteiger partial charge in [0, 0.05) is 29.8 Å². The number of hydrogen-bond acceptors (Lipinski definition) is 8. The Bertz CT molecular complexity index is 1430. The summed E-state index contributed by atoms with van der Waals surface area (Å²) in [6, 6.07) is 10.8. The summed E-state index contributed by atoms with van der Waals surface area (Å²) in [7, 11) is 0. The van der Waals surface area contributed by atoms with Gasteiger partial charge in [-0.3, -0.25) is 0 Å². The highest BCUT2D eigenvalue weighted by atomic mass is 16.5. The molecule has 3 aromatic rings. The van der Waals surface area contributed by atoms with Crippen molar-refractivity contribution in [1.29, 1.82) is 0 Å². The molecule has 0 atom stereocenters. The van der Waals surface area contributed by atoms with E-state index in [1.165, 1.54) is 16.8 Å². The number of nitrogens with zero attached hydrogens (tertiary/aromatic N) is 6. The Kier molecular flexibility index (Phi) is 8.16. The third-order valence-corrected chi connectivity index (χ3v) is 7.30. The van der Waals surface area contributed by atoms with Crippen molar-refractivity contribution in [2.45, 2.75) is 48.0 Å². The summed E-state index contributed by atoms with van der Waals surface area (Å²) in [5.41, 5.74) is 9.50. The van der Waals surface area contributed by atoms with Crippen molar-refractivity contribution in [2.24, 2.45) is 15.5 Å². The van der Waals surface area contributed by atoms with Crippen LogP contribution in [0.1, 0.15) is 48.8 Å². The molecule has 0 radical (unpaired) electrons. The van der Waals surface area contributed by atoms with Crippen molar-refractivity contribution in [3.8, 4) is 11.4 Å². The highest BCUT2D eigenvalue weighted by molar-refractivity contribution is 6.50. The molecule has 0 fully saturated rings. The maximum atomic E-state index is 8.77. The van der Waals surface area contributed by atoms with Crippen molar-refractivity contribution in [2.75, 3.05) is 51.0 Å². The second-order valence-electron chi connectivity index (χ2n) is 11.6. The molecule has 0 amide bonds. The van der Waals surface area contributed by atoms with E-state index in [1.54, 1.807) is 0 Å². The molecule has 1 aromatic heterocycles. The smallest absolute Gasteiger partial charge is 0.205 e. The standard InChI is InChI=1S/C31H40N6O3/c1-20-17-21(2)26(22(3)18-20)29-33-34-30-27(28(31(4,5)6)35-37(29)30)32-24-7-8-25-23(19-24)9-10-36(25)11-13-39-15-16-40-14-12-38/h7-8,17-19,38H,9-16H2,1-6H3/b32-27-. The van der Waals surface area contributed by atoms with Crippen LogP contribution in [-0.2, 0) is 15.9 Å². The molecule has 0 spiro atoms. The number of aromatic nitrogens is 3. The third-order valence-electron chi connectivity index (χ3n) is 7.30. The van der Waals surface area contributed by atoms with Gasteiger partial charge in [0.1, 0.15) is 5.71 Å². The molecule has 2 aliphatic heterocycles. The fourth-order valence-corrected chi connectivity index (χ4v) is 5.52. The summed E-state index contributed by atoms with van der Waals surface area (Å²) in [5, 5.41) is 23.0. The van der Waals surface area contributed by atoms with Crippen LogP contribution in [0, 0.1) is 26.2 Å². The number of hydrogen-bond donors (Lipinski definition) is 1. The third kappa shape index (κ3) is 5.73. The molecule has 0 saturated carbocycles. The predicted molar refractivity (Wildman–Crippen MR) is 159 cm³/mol. The first-order chi connectivity index (χ1) is 19.2. The number of aryl methyl sites for hydroxylation is 3. The molecule has 1 N–H and O–H groups in total. The molecule has 0 aliphatic carbocycles. The van der Waals surface area contributed by atoms with Crippen molar-refractivity contribution < 1.29 is 14.6 Å². The van der Waals surface area contributed by atoms with Crippen LogP contribution in [0.4, 0.5) is 11.4 Å². The largest absolute Gasteiger partial charge is 0.394 e. The Morgan fingerprint density at radius 2 is 1.62 bits per heavy atom. The minimum atomic E-state index is -0.217. The van der Waals surface area contributed by atoms with Gasteiger partial charge in [-0.05, 0) is 62.1 Å². The molecular weight excluding hydrogens is 504 g/mol. The van der Waals surface area contributed by atoms with E-state index < -0.39 is 0 Å². The topological polar surface area (TPSA) is 97.4 Å². The van der Waals surface area contributed by atoms with Crippen LogP contribution in [0.5, 0.6) is 0 Å². The highest BCUT2D eigenvalue weighted by Gasteiger charge is 2.36. The first-order valence-corrected chi connectivity index (χ1v) is 14.0. The van der Waals surface area contributed by atoms with Gasteiger partial charge < -0.3 is 19.5 Å². The predicted octanol–water partition coefficient (Wildman–Crippen LogP) is 4.64. The maximum absolute atomic E-state index is 8.77. The lowest BCUT2D eigenvalue weighted by Gasteiger charge is -2.19. The fraction of sp³-hybridized carbons (Fsp3) is 0.484. The Morgan fingerprint density at radius 3 is 2.33 bits per heavy atom. The monoisotopic (exact) mass is 544 g/mol. The van der Waals surface area contributed by atoms with Gasteiger partial charge in [-0.25, -0.2) is 4.99 Å². The van der Waals surface area contributed by atoms with Crippen molar-refractivity contribution in [3.63, 3.8) is 0 Å². The number of benzene rings is 2. The van der Waals surface area contributed by atoms with Gasteiger partial charge in [0.15, 0.2) is 5.82 Å². The Balaban J connectivity index is 1.38. The number of ether oxygens (including phenoxy) is 2. The average molecular weight is 545 g/mol. The van der Waals surface area contributed by atoms with Crippen LogP contribution < -0.4 is 4.90 Å². The number of aliphatic hydroxyl groups is 1. The molecule has 9 heteroatoms. The van der Waals surface area contributed by atoms with E-state index in [-0.39, 0.29) is 12.0 Å². The Labute approximate surface area is 236 Å². The zero-order valence-corrected chi connectivity index (χ0v) is 24.5. The highest BCUT2D eigenvalue weighted by Crippen LogP contribution is 2.35. The Morgan fingerprint density at radius 1 is 0.925 bits per heavy atom. The number of anilines is 1.